The average Bonchev–Trinajstić information content (AvgIpc) is 3.05. The number of halogens is 1. The smallest absolute Gasteiger partial charge is 0.247 e. The van der Waals surface area contributed by atoms with Gasteiger partial charge in [-0.05, 0) is 54.1 Å². The Kier molecular flexibility index (Phi) is 3.98. The summed E-state index contributed by atoms with van der Waals surface area (Å²) in [6.07, 6.45) is 1.57. The van der Waals surface area contributed by atoms with Crippen LogP contribution in [0, 0.1) is 0 Å². The van der Waals surface area contributed by atoms with E-state index in [2.05, 4.69) is 4.99 Å². The van der Waals surface area contributed by atoms with Gasteiger partial charge in [-0.25, -0.2) is 13.6 Å². The molecule has 1 atom stereocenters. The summed E-state index contributed by atoms with van der Waals surface area (Å²) in [5.41, 5.74) is 2.10. The minimum atomic E-state index is -3.79. The van der Waals surface area contributed by atoms with Gasteiger partial charge in [0.1, 0.15) is 4.21 Å². The number of fused-ring (bicyclic) bond motifs is 1. The molecule has 116 valence electrons. The zero-order valence-electron chi connectivity index (χ0n) is 11.3. The molecular weight excluding hydrogens is 344 g/mol. The number of benzene rings is 1. The Morgan fingerprint density at radius 3 is 2.82 bits per heavy atom. The van der Waals surface area contributed by atoms with Crippen LogP contribution >= 0.6 is 22.9 Å². The van der Waals surface area contributed by atoms with Crippen LogP contribution in [0.1, 0.15) is 28.5 Å². The van der Waals surface area contributed by atoms with Crippen LogP contribution in [0.5, 0.6) is 0 Å². The van der Waals surface area contributed by atoms with Crippen molar-refractivity contribution >= 4 is 38.9 Å². The van der Waals surface area contributed by atoms with Crippen molar-refractivity contribution in [3.8, 4) is 0 Å². The van der Waals surface area contributed by atoms with E-state index in [1.807, 2.05) is 12.1 Å². The average molecular weight is 356 g/mol. The maximum absolute atomic E-state index is 12.2. The van der Waals surface area contributed by atoms with E-state index in [0.29, 0.717) is 5.02 Å². The second kappa shape index (κ2) is 5.66. The van der Waals surface area contributed by atoms with Gasteiger partial charge in [-0.3, -0.25) is 4.99 Å². The van der Waals surface area contributed by atoms with Crippen molar-refractivity contribution in [2.75, 3.05) is 0 Å². The number of hydrogen-bond donors (Lipinski definition) is 1. The molecule has 5 nitrogen and oxygen atoms in total. The Balaban J connectivity index is 1.89. The first-order chi connectivity index (χ1) is 10.3. The minimum absolute atomic E-state index is 0.0374. The van der Waals surface area contributed by atoms with Crippen molar-refractivity contribution in [3.63, 3.8) is 0 Å². The molecule has 0 fully saturated rings. The molecule has 2 aromatic rings. The third-order valence-electron chi connectivity index (χ3n) is 3.50. The molecule has 0 saturated heterocycles. The summed E-state index contributed by atoms with van der Waals surface area (Å²) in [7, 11) is -3.79. The fraction of sp³-hybridized carbons (Fsp3) is 0.214. The van der Waals surface area contributed by atoms with Crippen LogP contribution in [-0.4, -0.2) is 14.3 Å². The number of thiophene rings is 1. The normalized spacial score (nSPS) is 18.5. The van der Waals surface area contributed by atoms with Crippen LogP contribution in [0.4, 0.5) is 0 Å². The van der Waals surface area contributed by atoms with Gasteiger partial charge in [-0.1, -0.05) is 17.7 Å². The molecule has 0 spiro atoms. The molecule has 3 rings (SSSR count). The lowest BCUT2D eigenvalue weighted by Gasteiger charge is -2.13. The van der Waals surface area contributed by atoms with Crippen molar-refractivity contribution < 1.29 is 13.5 Å². The van der Waals surface area contributed by atoms with E-state index in [4.69, 9.17) is 16.7 Å². The zero-order valence-corrected chi connectivity index (χ0v) is 13.7. The lowest BCUT2D eigenvalue weighted by atomic mass is 10.1. The van der Waals surface area contributed by atoms with Crippen LogP contribution in [0.3, 0.4) is 0 Å². The maximum atomic E-state index is 12.2. The fourth-order valence-electron chi connectivity index (χ4n) is 2.49. The number of aliphatic imine (C=N–C) groups is 1. The summed E-state index contributed by atoms with van der Waals surface area (Å²) >= 11 is 6.79. The number of rotatable bonds is 3. The van der Waals surface area contributed by atoms with Crippen LogP contribution in [0.15, 0.2) is 39.5 Å². The summed E-state index contributed by atoms with van der Waals surface area (Å²) in [6.45, 7) is 0. The number of primary sulfonamides is 1. The zero-order chi connectivity index (χ0) is 15.9. The predicted molar refractivity (Wildman–Crippen MR) is 84.7 cm³/mol. The summed E-state index contributed by atoms with van der Waals surface area (Å²) in [4.78, 5) is 4.48. The van der Waals surface area contributed by atoms with Crippen LogP contribution in [0.25, 0.3) is 0 Å². The van der Waals surface area contributed by atoms with Crippen molar-refractivity contribution in [3.05, 3.63) is 51.4 Å². The van der Waals surface area contributed by atoms with Crippen molar-refractivity contribution in [2.24, 2.45) is 10.1 Å². The van der Waals surface area contributed by atoms with E-state index >= 15 is 0 Å². The summed E-state index contributed by atoms with van der Waals surface area (Å²) in [5, 5.41) is 17.9. The van der Waals surface area contributed by atoms with Crippen molar-refractivity contribution in [1.82, 2.24) is 0 Å². The molecule has 1 aromatic carbocycles. The first-order valence-electron chi connectivity index (χ1n) is 6.51. The first kappa shape index (κ1) is 15.5. The van der Waals surface area contributed by atoms with Gasteiger partial charge in [0, 0.05) is 9.90 Å². The Morgan fingerprint density at radius 2 is 2.14 bits per heavy atom. The van der Waals surface area contributed by atoms with Gasteiger partial charge in [-0.15, -0.1) is 11.3 Å². The van der Waals surface area contributed by atoms with E-state index in [1.54, 1.807) is 6.07 Å². The molecule has 0 saturated carbocycles. The molecule has 0 bridgehead atoms. The van der Waals surface area contributed by atoms with Gasteiger partial charge in [-0.2, -0.15) is 0 Å². The molecule has 0 radical (unpaired) electrons. The Labute approximate surface area is 137 Å². The van der Waals surface area contributed by atoms with Crippen molar-refractivity contribution in [1.29, 1.82) is 0 Å². The predicted octanol–water partition coefficient (Wildman–Crippen LogP) is 1.84. The number of nitrogens with zero attached hydrogens (tertiary/aromatic N) is 1. The molecule has 8 heteroatoms. The van der Waals surface area contributed by atoms with E-state index in [0.717, 1.165) is 35.3 Å². The van der Waals surface area contributed by atoms with Gasteiger partial charge >= 0.3 is 0 Å². The van der Waals surface area contributed by atoms with Gasteiger partial charge in [0.25, 0.3) is 0 Å². The summed E-state index contributed by atoms with van der Waals surface area (Å²) in [6, 6.07) is 8.11. The largest absolute Gasteiger partial charge is 0.858 e. The molecule has 0 aliphatic heterocycles. The standard InChI is InChI=1S/C14H13ClN2O3S2/c15-9-2-3-10-8(7-9)1-4-11(10)17-14(18)12-5-6-13(21-12)22(16,19)20/h2-3,5-7,11H,1,4H2,(H,17,18)(H2,16,19,20)/p-1. The van der Waals surface area contributed by atoms with Crippen LogP contribution in [0.2, 0.25) is 5.02 Å². The number of nitrogens with two attached hydrogens (primary N) is 1. The SMILES string of the molecule is NS(=O)(=O)c1ccc(C([O-])=NC2CCc3cc(Cl)ccc32)s1. The Morgan fingerprint density at radius 1 is 1.36 bits per heavy atom. The maximum Gasteiger partial charge on any atom is 0.247 e. The molecule has 1 heterocycles. The van der Waals surface area contributed by atoms with E-state index in [-0.39, 0.29) is 15.1 Å². The van der Waals surface area contributed by atoms with E-state index in [9.17, 15) is 13.5 Å². The highest BCUT2D eigenvalue weighted by atomic mass is 35.5. The highest BCUT2D eigenvalue weighted by Gasteiger charge is 2.22. The molecule has 1 aliphatic carbocycles. The third-order valence-corrected chi connectivity index (χ3v) is 6.24. The number of sulfonamides is 1. The highest BCUT2D eigenvalue weighted by molar-refractivity contribution is 7.91. The minimum Gasteiger partial charge on any atom is -0.858 e. The molecule has 1 aromatic heterocycles. The lowest BCUT2D eigenvalue weighted by molar-refractivity contribution is -0.213. The second-order valence-electron chi connectivity index (χ2n) is 5.00. The van der Waals surface area contributed by atoms with Gasteiger partial charge in [0.2, 0.25) is 10.0 Å². The molecule has 1 unspecified atom stereocenters. The molecular formula is C14H12ClN2O3S2-. The van der Waals surface area contributed by atoms with Crippen LogP contribution < -0.4 is 10.2 Å². The number of hydrogen-bond acceptors (Lipinski definition) is 5. The van der Waals surface area contributed by atoms with E-state index < -0.39 is 15.9 Å². The highest BCUT2D eigenvalue weighted by Crippen LogP contribution is 2.36. The number of aryl methyl sites for hydroxylation is 1. The second-order valence-corrected chi connectivity index (χ2v) is 8.30. The molecule has 22 heavy (non-hydrogen) atoms. The quantitative estimate of drug-likeness (QED) is 0.672. The third kappa shape index (κ3) is 3.03. The Bertz CT molecular complexity index is 859. The Hall–Kier alpha value is -1.41. The summed E-state index contributed by atoms with van der Waals surface area (Å²) < 4.78 is 22.4. The van der Waals surface area contributed by atoms with Crippen LogP contribution in [-0.2, 0) is 16.4 Å². The van der Waals surface area contributed by atoms with E-state index in [1.165, 1.54) is 12.1 Å². The van der Waals surface area contributed by atoms with Crippen molar-refractivity contribution in [2.45, 2.75) is 23.1 Å². The first-order valence-corrected chi connectivity index (χ1v) is 9.25. The summed E-state index contributed by atoms with van der Waals surface area (Å²) in [5.74, 6) is -0.423. The van der Waals surface area contributed by atoms with Gasteiger partial charge < -0.3 is 5.11 Å². The monoisotopic (exact) mass is 355 g/mol. The topological polar surface area (TPSA) is 95.6 Å². The van der Waals surface area contributed by atoms with Gasteiger partial charge in [0.05, 0.1) is 6.04 Å². The molecule has 1 aliphatic rings. The lowest BCUT2D eigenvalue weighted by Crippen LogP contribution is -2.18. The molecule has 2 N–H and O–H groups in total. The van der Waals surface area contributed by atoms with Gasteiger partial charge in [0.15, 0.2) is 0 Å². The fourth-order valence-corrected chi connectivity index (χ4v) is 4.31. The molecule has 0 amide bonds.